The van der Waals surface area contributed by atoms with Crippen molar-refractivity contribution in [3.63, 3.8) is 0 Å². The summed E-state index contributed by atoms with van der Waals surface area (Å²) in [6, 6.07) is 12.0. The number of rotatable bonds is 4. The molecule has 0 fully saturated rings. The molecular formula is C16H16N4O. The van der Waals surface area contributed by atoms with Gasteiger partial charge in [0.2, 0.25) is 0 Å². The third-order valence-electron chi connectivity index (χ3n) is 2.94. The molecule has 0 aliphatic heterocycles. The van der Waals surface area contributed by atoms with Crippen LogP contribution in [0.3, 0.4) is 0 Å². The summed E-state index contributed by atoms with van der Waals surface area (Å²) >= 11 is 0. The summed E-state index contributed by atoms with van der Waals surface area (Å²) in [5, 5.41) is 11.5. The Kier molecular flexibility index (Phi) is 4.52. The first kappa shape index (κ1) is 14.5. The molecule has 0 aliphatic rings. The monoisotopic (exact) mass is 280 g/mol. The van der Waals surface area contributed by atoms with E-state index in [-0.39, 0.29) is 5.91 Å². The molecule has 2 rings (SSSR count). The van der Waals surface area contributed by atoms with Gasteiger partial charge in [-0.2, -0.15) is 5.26 Å². The van der Waals surface area contributed by atoms with Gasteiger partial charge < -0.3 is 11.1 Å². The first-order valence-electron chi connectivity index (χ1n) is 6.70. The summed E-state index contributed by atoms with van der Waals surface area (Å²) in [7, 11) is 0. The Balaban J connectivity index is 2.17. The van der Waals surface area contributed by atoms with Crippen molar-refractivity contribution in [1.82, 2.24) is 4.98 Å². The zero-order valence-electron chi connectivity index (χ0n) is 11.8. The van der Waals surface area contributed by atoms with Crippen LogP contribution in [0.15, 0.2) is 36.4 Å². The highest BCUT2D eigenvalue weighted by molar-refractivity contribution is 6.04. The number of nitriles is 1. The van der Waals surface area contributed by atoms with Crippen LogP contribution in [0.2, 0.25) is 0 Å². The maximum atomic E-state index is 12.2. The maximum Gasteiger partial charge on any atom is 0.255 e. The van der Waals surface area contributed by atoms with Crippen LogP contribution in [-0.2, 0) is 6.42 Å². The van der Waals surface area contributed by atoms with E-state index in [1.165, 1.54) is 0 Å². The molecule has 5 nitrogen and oxygen atoms in total. The fraction of sp³-hybridized carbons (Fsp3) is 0.188. The second-order valence-electron chi connectivity index (χ2n) is 4.67. The van der Waals surface area contributed by atoms with Gasteiger partial charge in [0.15, 0.2) is 0 Å². The van der Waals surface area contributed by atoms with Crippen LogP contribution in [-0.4, -0.2) is 10.9 Å². The highest BCUT2D eigenvalue weighted by atomic mass is 16.1. The molecule has 0 spiro atoms. The predicted molar refractivity (Wildman–Crippen MR) is 81.8 cm³/mol. The number of amides is 1. The summed E-state index contributed by atoms with van der Waals surface area (Å²) in [6.45, 7) is 2.04. The Bertz CT molecular complexity index is 686. The van der Waals surface area contributed by atoms with Gasteiger partial charge in [-0.05, 0) is 42.8 Å². The molecule has 0 radical (unpaired) electrons. The summed E-state index contributed by atoms with van der Waals surface area (Å²) in [5.41, 5.74) is 8.20. The standard InChI is InChI=1S/C16H16N4O/c1-2-3-14-8-12(9-15(18)19-14)16(21)20-13-6-4-11(10-17)5-7-13/h4-9H,2-3H2,1H3,(H2,18,19)(H,20,21). The molecule has 1 aromatic heterocycles. The van der Waals surface area contributed by atoms with E-state index in [2.05, 4.69) is 10.3 Å². The van der Waals surface area contributed by atoms with Crippen molar-refractivity contribution in [1.29, 1.82) is 5.26 Å². The Labute approximate surface area is 123 Å². The minimum Gasteiger partial charge on any atom is -0.384 e. The van der Waals surface area contributed by atoms with Crippen LogP contribution in [0.1, 0.15) is 35.0 Å². The lowest BCUT2D eigenvalue weighted by atomic mass is 10.1. The third kappa shape index (κ3) is 3.80. The van der Waals surface area contributed by atoms with E-state index in [0.29, 0.717) is 22.6 Å². The number of aromatic nitrogens is 1. The number of carbonyl (C=O) groups excluding carboxylic acids is 1. The molecule has 0 saturated heterocycles. The number of nitrogen functional groups attached to an aromatic ring is 1. The van der Waals surface area contributed by atoms with Gasteiger partial charge in [0, 0.05) is 16.9 Å². The number of aryl methyl sites for hydroxylation is 1. The van der Waals surface area contributed by atoms with Crippen LogP contribution in [0, 0.1) is 11.3 Å². The molecule has 2 aromatic rings. The number of carbonyl (C=O) groups is 1. The van der Waals surface area contributed by atoms with Crippen LogP contribution in [0.25, 0.3) is 0 Å². The van der Waals surface area contributed by atoms with Crippen molar-refractivity contribution in [2.45, 2.75) is 19.8 Å². The topological polar surface area (TPSA) is 91.8 Å². The highest BCUT2D eigenvalue weighted by Crippen LogP contribution is 2.14. The fourth-order valence-corrected chi connectivity index (χ4v) is 1.96. The van der Waals surface area contributed by atoms with Crippen molar-refractivity contribution in [3.8, 4) is 6.07 Å². The van der Waals surface area contributed by atoms with Crippen molar-refractivity contribution in [3.05, 3.63) is 53.2 Å². The average molecular weight is 280 g/mol. The lowest BCUT2D eigenvalue weighted by Gasteiger charge is -2.08. The van der Waals surface area contributed by atoms with Gasteiger partial charge >= 0.3 is 0 Å². The molecule has 0 bridgehead atoms. The molecule has 1 heterocycles. The number of pyridine rings is 1. The molecule has 21 heavy (non-hydrogen) atoms. The Morgan fingerprint density at radius 2 is 2.05 bits per heavy atom. The van der Waals surface area contributed by atoms with E-state index >= 15 is 0 Å². The lowest BCUT2D eigenvalue weighted by Crippen LogP contribution is -2.13. The van der Waals surface area contributed by atoms with Crippen molar-refractivity contribution >= 4 is 17.4 Å². The summed E-state index contributed by atoms with van der Waals surface area (Å²) < 4.78 is 0. The summed E-state index contributed by atoms with van der Waals surface area (Å²) in [4.78, 5) is 16.4. The third-order valence-corrected chi connectivity index (χ3v) is 2.94. The normalized spacial score (nSPS) is 9.90. The number of nitrogens with two attached hydrogens (primary N) is 1. The molecule has 0 saturated carbocycles. The van der Waals surface area contributed by atoms with E-state index in [4.69, 9.17) is 11.0 Å². The van der Waals surface area contributed by atoms with E-state index in [0.717, 1.165) is 18.5 Å². The van der Waals surface area contributed by atoms with E-state index < -0.39 is 0 Å². The van der Waals surface area contributed by atoms with Crippen molar-refractivity contribution in [2.24, 2.45) is 0 Å². The van der Waals surface area contributed by atoms with Crippen LogP contribution in [0.5, 0.6) is 0 Å². The molecule has 0 atom stereocenters. The molecule has 1 aromatic carbocycles. The zero-order valence-corrected chi connectivity index (χ0v) is 11.8. The molecule has 0 unspecified atom stereocenters. The second-order valence-corrected chi connectivity index (χ2v) is 4.67. The Hall–Kier alpha value is -2.87. The minimum absolute atomic E-state index is 0.244. The second kappa shape index (κ2) is 6.53. The Morgan fingerprint density at radius 1 is 1.33 bits per heavy atom. The summed E-state index contributed by atoms with van der Waals surface area (Å²) in [5.74, 6) is 0.0945. The van der Waals surface area contributed by atoms with Crippen LogP contribution in [0.4, 0.5) is 11.5 Å². The molecule has 0 aliphatic carbocycles. The molecule has 1 amide bonds. The number of nitrogens with one attached hydrogen (secondary N) is 1. The van der Waals surface area contributed by atoms with Gasteiger partial charge in [0.05, 0.1) is 11.6 Å². The van der Waals surface area contributed by atoms with Gasteiger partial charge in [-0.25, -0.2) is 4.98 Å². The van der Waals surface area contributed by atoms with Gasteiger partial charge in [0.25, 0.3) is 5.91 Å². The predicted octanol–water partition coefficient (Wildman–Crippen LogP) is 2.74. The SMILES string of the molecule is CCCc1cc(C(=O)Nc2ccc(C#N)cc2)cc(N)n1. The smallest absolute Gasteiger partial charge is 0.255 e. The molecule has 3 N–H and O–H groups in total. The highest BCUT2D eigenvalue weighted by Gasteiger charge is 2.09. The number of hydrogen-bond acceptors (Lipinski definition) is 4. The fourth-order valence-electron chi connectivity index (χ4n) is 1.96. The van der Waals surface area contributed by atoms with E-state index in [1.807, 2.05) is 13.0 Å². The maximum absolute atomic E-state index is 12.2. The minimum atomic E-state index is -0.244. The largest absolute Gasteiger partial charge is 0.384 e. The van der Waals surface area contributed by atoms with Gasteiger partial charge in [-0.15, -0.1) is 0 Å². The van der Waals surface area contributed by atoms with Crippen molar-refractivity contribution < 1.29 is 4.79 Å². The van der Waals surface area contributed by atoms with Crippen LogP contribution >= 0.6 is 0 Å². The average Bonchev–Trinajstić information content (AvgIpc) is 2.48. The number of benzene rings is 1. The quantitative estimate of drug-likeness (QED) is 0.900. The first-order chi connectivity index (χ1) is 10.1. The van der Waals surface area contributed by atoms with E-state index in [1.54, 1.807) is 36.4 Å². The molecule has 5 heteroatoms. The van der Waals surface area contributed by atoms with E-state index in [9.17, 15) is 4.79 Å². The molecular weight excluding hydrogens is 264 g/mol. The first-order valence-corrected chi connectivity index (χ1v) is 6.70. The lowest BCUT2D eigenvalue weighted by molar-refractivity contribution is 0.102. The van der Waals surface area contributed by atoms with Gasteiger partial charge in [0.1, 0.15) is 5.82 Å². The summed E-state index contributed by atoms with van der Waals surface area (Å²) in [6.07, 6.45) is 1.72. The van der Waals surface area contributed by atoms with Gasteiger partial charge in [-0.3, -0.25) is 4.79 Å². The van der Waals surface area contributed by atoms with Crippen LogP contribution < -0.4 is 11.1 Å². The number of hydrogen-bond donors (Lipinski definition) is 2. The van der Waals surface area contributed by atoms with Gasteiger partial charge in [-0.1, -0.05) is 13.3 Å². The Morgan fingerprint density at radius 3 is 2.67 bits per heavy atom. The zero-order chi connectivity index (χ0) is 15.2. The molecule has 106 valence electrons. The number of anilines is 2. The van der Waals surface area contributed by atoms with Crippen molar-refractivity contribution in [2.75, 3.05) is 11.1 Å². The number of nitrogens with zero attached hydrogens (tertiary/aromatic N) is 2.